The van der Waals surface area contributed by atoms with Crippen molar-refractivity contribution in [1.29, 1.82) is 0 Å². The van der Waals surface area contributed by atoms with Crippen molar-refractivity contribution < 1.29 is 13.9 Å². The number of carbonyl (C=O) groups is 1. The van der Waals surface area contributed by atoms with E-state index in [1.54, 1.807) is 11.3 Å². The van der Waals surface area contributed by atoms with Crippen LogP contribution in [-0.4, -0.2) is 13.0 Å². The number of methoxy groups -OCH3 is 1. The first-order valence-corrected chi connectivity index (χ1v) is 7.04. The summed E-state index contributed by atoms with van der Waals surface area (Å²) in [4.78, 5) is 24.7. The third kappa shape index (κ3) is 3.08. The molecule has 20 heavy (non-hydrogen) atoms. The molecule has 0 fully saturated rings. The number of carbonyl (C=O) groups excluding carboxylic acids is 1. The van der Waals surface area contributed by atoms with Crippen LogP contribution in [0.4, 0.5) is 0 Å². The zero-order chi connectivity index (χ0) is 14.5. The van der Waals surface area contributed by atoms with Gasteiger partial charge in [0.05, 0.1) is 13.2 Å². The average Bonchev–Trinajstić information content (AvgIpc) is 2.98. The largest absolute Gasteiger partial charge is 0.490 e. The zero-order valence-corrected chi connectivity index (χ0v) is 12.0. The molecule has 0 bridgehead atoms. The minimum absolute atomic E-state index is 0.0224. The monoisotopic (exact) mass is 293 g/mol. The number of thiophene rings is 1. The van der Waals surface area contributed by atoms with E-state index >= 15 is 0 Å². The smallest absolute Gasteiger partial charge is 0.287 e. The zero-order valence-electron chi connectivity index (χ0n) is 11.2. The van der Waals surface area contributed by atoms with Gasteiger partial charge >= 0.3 is 0 Å². The van der Waals surface area contributed by atoms with E-state index in [0.29, 0.717) is 0 Å². The molecule has 1 atom stereocenters. The van der Waals surface area contributed by atoms with Crippen LogP contribution in [0.3, 0.4) is 0 Å². The maximum absolute atomic E-state index is 12.1. The molecule has 2 aromatic rings. The molecule has 1 amide bonds. The SMILES string of the molecule is CCC(NC(=O)c1cc(=O)c(OC)co1)c1cccs1. The van der Waals surface area contributed by atoms with Gasteiger partial charge in [0.1, 0.15) is 6.26 Å². The van der Waals surface area contributed by atoms with Crippen LogP contribution in [0, 0.1) is 0 Å². The summed E-state index contributed by atoms with van der Waals surface area (Å²) in [7, 11) is 1.37. The van der Waals surface area contributed by atoms with E-state index in [1.807, 2.05) is 24.4 Å². The first-order chi connectivity index (χ1) is 9.65. The molecule has 6 heteroatoms. The van der Waals surface area contributed by atoms with Gasteiger partial charge in [0.2, 0.25) is 11.2 Å². The van der Waals surface area contributed by atoms with E-state index in [1.165, 1.54) is 7.11 Å². The van der Waals surface area contributed by atoms with Crippen molar-refractivity contribution in [2.75, 3.05) is 7.11 Å². The first-order valence-electron chi connectivity index (χ1n) is 6.16. The number of hydrogen-bond acceptors (Lipinski definition) is 5. The Morgan fingerprint density at radius 2 is 2.35 bits per heavy atom. The fraction of sp³-hybridized carbons (Fsp3) is 0.286. The normalized spacial score (nSPS) is 11.9. The minimum Gasteiger partial charge on any atom is -0.490 e. The third-order valence-electron chi connectivity index (χ3n) is 2.84. The van der Waals surface area contributed by atoms with Crippen molar-refractivity contribution in [2.24, 2.45) is 0 Å². The lowest BCUT2D eigenvalue weighted by Gasteiger charge is -2.14. The van der Waals surface area contributed by atoms with Crippen LogP contribution in [0.2, 0.25) is 0 Å². The highest BCUT2D eigenvalue weighted by Gasteiger charge is 2.17. The molecule has 0 aliphatic heterocycles. The summed E-state index contributed by atoms with van der Waals surface area (Å²) in [6.07, 6.45) is 1.90. The van der Waals surface area contributed by atoms with Gasteiger partial charge in [0.25, 0.3) is 5.91 Å². The Labute approximate surface area is 120 Å². The van der Waals surface area contributed by atoms with Crippen LogP contribution < -0.4 is 15.5 Å². The third-order valence-corrected chi connectivity index (χ3v) is 3.83. The number of amides is 1. The van der Waals surface area contributed by atoms with Gasteiger partial charge in [-0.25, -0.2) is 0 Å². The molecule has 2 heterocycles. The summed E-state index contributed by atoms with van der Waals surface area (Å²) in [5, 5.41) is 4.80. The Morgan fingerprint density at radius 1 is 1.55 bits per heavy atom. The Hall–Kier alpha value is -2.08. The summed E-state index contributed by atoms with van der Waals surface area (Å²) >= 11 is 1.57. The van der Waals surface area contributed by atoms with E-state index in [-0.39, 0.29) is 23.0 Å². The van der Waals surface area contributed by atoms with Gasteiger partial charge in [-0.05, 0) is 17.9 Å². The maximum atomic E-state index is 12.1. The Morgan fingerprint density at radius 3 is 2.90 bits per heavy atom. The van der Waals surface area contributed by atoms with E-state index in [4.69, 9.17) is 9.15 Å². The molecule has 0 saturated heterocycles. The van der Waals surface area contributed by atoms with Crippen molar-refractivity contribution in [3.8, 4) is 5.75 Å². The Balaban J connectivity index is 2.15. The highest BCUT2D eigenvalue weighted by Crippen LogP contribution is 2.22. The van der Waals surface area contributed by atoms with Crippen molar-refractivity contribution in [2.45, 2.75) is 19.4 Å². The lowest BCUT2D eigenvalue weighted by molar-refractivity contribution is 0.0905. The van der Waals surface area contributed by atoms with Gasteiger partial charge in [-0.1, -0.05) is 13.0 Å². The predicted molar refractivity (Wildman–Crippen MR) is 76.3 cm³/mol. The van der Waals surface area contributed by atoms with Crippen molar-refractivity contribution in [1.82, 2.24) is 5.32 Å². The van der Waals surface area contributed by atoms with Crippen LogP contribution in [0.5, 0.6) is 5.75 Å². The molecule has 0 aromatic carbocycles. The molecule has 1 N–H and O–H groups in total. The van der Waals surface area contributed by atoms with Crippen molar-refractivity contribution >= 4 is 17.2 Å². The number of ether oxygens (including phenoxy) is 1. The second-order valence-corrected chi connectivity index (χ2v) is 5.11. The van der Waals surface area contributed by atoms with Gasteiger partial charge < -0.3 is 14.5 Å². The molecule has 0 radical (unpaired) electrons. The molecule has 0 spiro atoms. The average molecular weight is 293 g/mol. The minimum atomic E-state index is -0.412. The topological polar surface area (TPSA) is 68.5 Å². The fourth-order valence-corrected chi connectivity index (χ4v) is 2.62. The Bertz CT molecular complexity index is 633. The molecule has 2 aromatic heterocycles. The molecule has 0 aliphatic carbocycles. The molecule has 5 nitrogen and oxygen atoms in total. The molecule has 1 unspecified atom stereocenters. The maximum Gasteiger partial charge on any atom is 0.287 e. The van der Waals surface area contributed by atoms with Gasteiger partial charge in [-0.2, -0.15) is 0 Å². The van der Waals surface area contributed by atoms with E-state index in [9.17, 15) is 9.59 Å². The summed E-state index contributed by atoms with van der Waals surface area (Å²) in [6.45, 7) is 1.98. The lowest BCUT2D eigenvalue weighted by atomic mass is 10.2. The summed E-state index contributed by atoms with van der Waals surface area (Å²) in [5.41, 5.74) is -0.381. The van der Waals surface area contributed by atoms with Gasteiger partial charge in [-0.15, -0.1) is 11.3 Å². The fourth-order valence-electron chi connectivity index (χ4n) is 1.76. The number of hydrogen-bond donors (Lipinski definition) is 1. The molecule has 0 aliphatic rings. The van der Waals surface area contributed by atoms with Crippen LogP contribution >= 0.6 is 11.3 Å². The Kier molecular flexibility index (Phi) is 4.57. The summed E-state index contributed by atoms with van der Waals surface area (Å²) in [6, 6.07) is 4.94. The highest BCUT2D eigenvalue weighted by molar-refractivity contribution is 7.10. The van der Waals surface area contributed by atoms with Crippen molar-refractivity contribution in [3.05, 3.63) is 50.7 Å². The van der Waals surface area contributed by atoms with Gasteiger partial charge in [-0.3, -0.25) is 9.59 Å². The van der Waals surface area contributed by atoms with Gasteiger partial charge in [0.15, 0.2) is 5.76 Å². The quantitative estimate of drug-likeness (QED) is 0.920. The lowest BCUT2D eigenvalue weighted by Crippen LogP contribution is -2.28. The summed E-state index contributed by atoms with van der Waals surface area (Å²) < 4.78 is 9.93. The summed E-state index contributed by atoms with van der Waals surface area (Å²) in [5.74, 6) is -0.359. The standard InChI is InChI=1S/C14H15NO4S/c1-3-9(13-5-4-6-20-13)15-14(17)11-7-10(16)12(18-2)8-19-11/h4-9H,3H2,1-2H3,(H,15,17). The first kappa shape index (κ1) is 14.3. The van der Waals surface area contributed by atoms with E-state index in [2.05, 4.69) is 5.32 Å². The van der Waals surface area contributed by atoms with Crippen LogP contribution in [0.25, 0.3) is 0 Å². The second kappa shape index (κ2) is 6.38. The van der Waals surface area contributed by atoms with E-state index < -0.39 is 5.91 Å². The van der Waals surface area contributed by atoms with Crippen LogP contribution in [-0.2, 0) is 0 Å². The van der Waals surface area contributed by atoms with E-state index in [0.717, 1.165) is 23.6 Å². The van der Waals surface area contributed by atoms with Crippen LogP contribution in [0.1, 0.15) is 34.8 Å². The number of rotatable bonds is 5. The number of nitrogens with one attached hydrogen (secondary N) is 1. The van der Waals surface area contributed by atoms with Crippen LogP contribution in [0.15, 0.2) is 39.1 Å². The molecule has 0 saturated carbocycles. The van der Waals surface area contributed by atoms with Gasteiger partial charge in [0, 0.05) is 10.9 Å². The molecule has 2 rings (SSSR count). The second-order valence-electron chi connectivity index (χ2n) is 4.13. The predicted octanol–water partition coefficient (Wildman–Crippen LogP) is 2.59. The molecule has 106 valence electrons. The van der Waals surface area contributed by atoms with Crippen molar-refractivity contribution in [3.63, 3.8) is 0 Å². The molecular weight excluding hydrogens is 278 g/mol. The molecular formula is C14H15NO4S. The highest BCUT2D eigenvalue weighted by atomic mass is 32.1.